The quantitative estimate of drug-likeness (QED) is 0.660. The van der Waals surface area contributed by atoms with E-state index in [1.54, 1.807) is 6.92 Å². The fourth-order valence-electron chi connectivity index (χ4n) is 2.06. The van der Waals surface area contributed by atoms with E-state index in [1.165, 1.54) is 0 Å². The Bertz CT molecular complexity index is 350. The van der Waals surface area contributed by atoms with Crippen molar-refractivity contribution in [1.82, 2.24) is 0 Å². The van der Waals surface area contributed by atoms with Gasteiger partial charge in [-0.05, 0) is 6.92 Å². The Morgan fingerprint density at radius 2 is 1.76 bits per heavy atom. The van der Waals surface area contributed by atoms with E-state index in [-0.39, 0.29) is 12.7 Å². The van der Waals surface area contributed by atoms with E-state index in [0.29, 0.717) is 6.42 Å². The number of carbonyl (C=O) groups excluding carboxylic acids is 2. The summed E-state index contributed by atoms with van der Waals surface area (Å²) in [7, 11) is 0. The second-order valence-electron chi connectivity index (χ2n) is 4.03. The van der Waals surface area contributed by atoms with Crippen molar-refractivity contribution >= 4 is 11.9 Å². The Balaban J connectivity index is 2.20. The minimum atomic E-state index is -0.654. The van der Waals surface area contributed by atoms with Gasteiger partial charge < -0.3 is 19.3 Å². The van der Waals surface area contributed by atoms with Crippen LogP contribution >= 0.6 is 0 Å². The molecule has 2 rings (SSSR count). The first-order valence-corrected chi connectivity index (χ1v) is 5.47. The second kappa shape index (κ2) is 4.85. The molecule has 0 radical (unpaired) electrons. The number of hydrogen-bond donors (Lipinski definition) is 1. The Labute approximate surface area is 98.1 Å². The van der Waals surface area contributed by atoms with E-state index in [0.717, 1.165) is 12.2 Å². The average molecular weight is 242 g/mol. The predicted molar refractivity (Wildman–Crippen MR) is 54.9 cm³/mol. The van der Waals surface area contributed by atoms with Gasteiger partial charge in [-0.2, -0.15) is 0 Å². The van der Waals surface area contributed by atoms with Crippen molar-refractivity contribution in [3.8, 4) is 0 Å². The Hall–Kier alpha value is -1.40. The number of fused-ring (bicyclic) bond motifs is 1. The topological polar surface area (TPSA) is 82.1 Å². The summed E-state index contributed by atoms with van der Waals surface area (Å²) in [5, 5.41) is 8.90. The van der Waals surface area contributed by atoms with Gasteiger partial charge in [-0.25, -0.2) is 9.59 Å². The molecule has 94 valence electrons. The monoisotopic (exact) mass is 242 g/mol. The maximum atomic E-state index is 11.3. The van der Waals surface area contributed by atoms with Gasteiger partial charge in [-0.3, -0.25) is 0 Å². The maximum Gasteiger partial charge on any atom is 0.331 e. The van der Waals surface area contributed by atoms with E-state index in [9.17, 15) is 9.59 Å². The highest BCUT2D eigenvalue weighted by atomic mass is 16.6. The lowest BCUT2D eigenvalue weighted by molar-refractivity contribution is -0.162. The van der Waals surface area contributed by atoms with Crippen molar-refractivity contribution in [3.63, 3.8) is 0 Å². The lowest BCUT2D eigenvalue weighted by Crippen LogP contribution is -2.40. The second-order valence-corrected chi connectivity index (χ2v) is 4.03. The number of aliphatic hydroxyl groups excluding tert-OH is 1. The smallest absolute Gasteiger partial charge is 0.331 e. The van der Waals surface area contributed by atoms with E-state index in [2.05, 4.69) is 0 Å². The molecule has 17 heavy (non-hydrogen) atoms. The molecule has 0 spiro atoms. The third-order valence-electron chi connectivity index (χ3n) is 2.82. The van der Waals surface area contributed by atoms with Crippen LogP contribution < -0.4 is 0 Å². The molecule has 0 saturated carbocycles. The molecule has 0 bridgehead atoms. The Morgan fingerprint density at radius 1 is 1.18 bits per heavy atom. The number of esters is 2. The molecule has 6 heteroatoms. The minimum Gasteiger partial charge on any atom is -0.452 e. The lowest BCUT2D eigenvalue weighted by Gasteiger charge is -2.23. The van der Waals surface area contributed by atoms with Crippen LogP contribution in [-0.2, 0) is 23.8 Å². The van der Waals surface area contributed by atoms with Gasteiger partial charge in [-0.1, -0.05) is 0 Å². The average Bonchev–Trinajstić information content (AvgIpc) is 2.53. The fourth-order valence-corrected chi connectivity index (χ4v) is 2.06. The summed E-state index contributed by atoms with van der Waals surface area (Å²) in [6, 6.07) is 0. The molecule has 4 atom stereocenters. The van der Waals surface area contributed by atoms with Crippen molar-refractivity contribution in [2.45, 2.75) is 37.8 Å². The summed E-state index contributed by atoms with van der Waals surface area (Å²) in [6.45, 7) is 1.66. The first-order chi connectivity index (χ1) is 8.11. The SMILES string of the molecule is C[C@@H]1O[C@H](CCO)C2OC(=O)/C=C\C(=O)O[C@@H]21. The van der Waals surface area contributed by atoms with Gasteiger partial charge in [0.05, 0.1) is 6.10 Å². The molecule has 0 aliphatic carbocycles. The molecule has 6 nitrogen and oxygen atoms in total. The van der Waals surface area contributed by atoms with E-state index >= 15 is 0 Å². The number of hydrogen-bond acceptors (Lipinski definition) is 6. The molecule has 2 aliphatic heterocycles. The van der Waals surface area contributed by atoms with Crippen LogP contribution in [0.2, 0.25) is 0 Å². The maximum absolute atomic E-state index is 11.3. The summed E-state index contributed by atoms with van der Waals surface area (Å²) in [5.74, 6) is -1.19. The molecule has 0 aromatic carbocycles. The highest BCUT2D eigenvalue weighted by Crippen LogP contribution is 2.29. The van der Waals surface area contributed by atoms with Crippen molar-refractivity contribution < 1.29 is 28.9 Å². The first-order valence-electron chi connectivity index (χ1n) is 5.47. The fraction of sp³-hybridized carbons (Fsp3) is 0.636. The zero-order valence-corrected chi connectivity index (χ0v) is 9.37. The van der Waals surface area contributed by atoms with Crippen LogP contribution in [-0.4, -0.2) is 48.1 Å². The van der Waals surface area contributed by atoms with E-state index < -0.39 is 30.3 Å². The number of rotatable bonds is 2. The first kappa shape index (κ1) is 12.1. The molecule has 1 fully saturated rings. The van der Waals surface area contributed by atoms with Gasteiger partial charge in [0, 0.05) is 25.2 Å². The predicted octanol–water partition coefficient (Wildman–Crippen LogP) is -0.451. The zero-order chi connectivity index (χ0) is 12.4. The highest BCUT2D eigenvalue weighted by Gasteiger charge is 2.47. The molecule has 0 aromatic rings. The molecular formula is C11H14O6. The van der Waals surface area contributed by atoms with Crippen LogP contribution in [0.4, 0.5) is 0 Å². The Morgan fingerprint density at radius 3 is 2.35 bits per heavy atom. The minimum absolute atomic E-state index is 0.0814. The molecule has 0 amide bonds. The number of aliphatic hydroxyl groups is 1. The summed E-state index contributed by atoms with van der Waals surface area (Å²) in [6.07, 6.45) is 0.317. The van der Waals surface area contributed by atoms with Crippen LogP contribution in [0, 0.1) is 0 Å². The van der Waals surface area contributed by atoms with E-state index in [1.807, 2.05) is 0 Å². The third kappa shape index (κ3) is 2.48. The van der Waals surface area contributed by atoms with Crippen molar-refractivity contribution in [3.05, 3.63) is 12.2 Å². The van der Waals surface area contributed by atoms with Crippen LogP contribution in [0.5, 0.6) is 0 Å². The van der Waals surface area contributed by atoms with Gasteiger partial charge in [0.1, 0.15) is 6.10 Å². The molecule has 2 aliphatic rings. The third-order valence-corrected chi connectivity index (χ3v) is 2.82. The highest BCUT2D eigenvalue weighted by molar-refractivity contribution is 5.92. The summed E-state index contributed by atoms with van der Waals surface area (Å²) >= 11 is 0. The molecular weight excluding hydrogens is 228 g/mol. The molecule has 1 unspecified atom stereocenters. The number of ether oxygens (including phenoxy) is 3. The summed E-state index contributed by atoms with van der Waals surface area (Å²) in [4.78, 5) is 22.7. The largest absolute Gasteiger partial charge is 0.452 e. The molecule has 1 N–H and O–H groups in total. The van der Waals surface area contributed by atoms with E-state index in [4.69, 9.17) is 19.3 Å². The normalized spacial score (nSPS) is 38.7. The van der Waals surface area contributed by atoms with Crippen LogP contribution in [0.25, 0.3) is 0 Å². The van der Waals surface area contributed by atoms with Gasteiger partial charge in [0.25, 0.3) is 0 Å². The van der Waals surface area contributed by atoms with Gasteiger partial charge in [0.15, 0.2) is 12.2 Å². The summed E-state index contributed by atoms with van der Waals surface area (Å²) in [5.41, 5.74) is 0. The van der Waals surface area contributed by atoms with Gasteiger partial charge in [0.2, 0.25) is 0 Å². The lowest BCUT2D eigenvalue weighted by atomic mass is 10.1. The number of carbonyl (C=O) groups is 2. The van der Waals surface area contributed by atoms with Crippen LogP contribution in [0.1, 0.15) is 13.3 Å². The molecule has 2 heterocycles. The van der Waals surface area contributed by atoms with Crippen LogP contribution in [0.3, 0.4) is 0 Å². The van der Waals surface area contributed by atoms with Crippen LogP contribution in [0.15, 0.2) is 12.2 Å². The summed E-state index contributed by atoms with van der Waals surface area (Å²) < 4.78 is 15.8. The molecule has 0 aromatic heterocycles. The van der Waals surface area contributed by atoms with Gasteiger partial charge in [-0.15, -0.1) is 0 Å². The van der Waals surface area contributed by atoms with Gasteiger partial charge >= 0.3 is 11.9 Å². The standard InChI is InChI=1S/C11H14O6/c1-6-10-11(7(15-6)4-5-12)17-9(14)3-2-8(13)16-10/h2-3,6-7,10-12H,4-5H2,1H3/b3-2-/t6-,7+,10+,11?/m0/s1. The Kier molecular flexibility index (Phi) is 3.44. The van der Waals surface area contributed by atoms with Crippen molar-refractivity contribution in [2.24, 2.45) is 0 Å². The van der Waals surface area contributed by atoms with Crippen molar-refractivity contribution in [1.29, 1.82) is 0 Å². The molecule has 1 saturated heterocycles. The zero-order valence-electron chi connectivity index (χ0n) is 9.37. The van der Waals surface area contributed by atoms with Crippen molar-refractivity contribution in [2.75, 3.05) is 6.61 Å².